The van der Waals surface area contributed by atoms with Crippen LogP contribution in [0.15, 0.2) is 14.7 Å². The van der Waals surface area contributed by atoms with Crippen molar-refractivity contribution in [3.05, 3.63) is 0 Å². The Kier molecular flexibility index (Phi) is 46.0. The molecule has 0 spiro atoms. The van der Waals surface area contributed by atoms with Gasteiger partial charge in [0.15, 0.2) is 17.9 Å². The second-order valence-electron chi connectivity index (χ2n) is 23.9. The van der Waals surface area contributed by atoms with E-state index in [1.807, 2.05) is 6.92 Å². The SMILES string of the molecule is CCCCCCCCCCCCN1CCN(C)C1=NB(OCC)OCCCOB(N=C1N(C)CCN1CCCCCCCCCCCC)OCCCOB(/N=C1\N(C)CCN1CCCCCCCCCCCC)OCCCCCCC. The van der Waals surface area contributed by atoms with Crippen LogP contribution in [0.5, 0.6) is 0 Å². The topological polar surface area (TPSA) is 112 Å². The van der Waals surface area contributed by atoms with Gasteiger partial charge in [-0.3, -0.25) is 0 Å². The third-order valence-corrected chi connectivity index (χ3v) is 16.4. The van der Waals surface area contributed by atoms with Crippen molar-refractivity contribution in [2.45, 2.75) is 272 Å². The van der Waals surface area contributed by atoms with Crippen molar-refractivity contribution in [1.82, 2.24) is 29.4 Å². The van der Waals surface area contributed by atoms with E-state index >= 15 is 0 Å². The first-order valence-electron chi connectivity index (χ1n) is 34.7. The summed E-state index contributed by atoms with van der Waals surface area (Å²) in [5.74, 6) is 2.91. The molecule has 0 amide bonds. The summed E-state index contributed by atoms with van der Waals surface area (Å²) in [6, 6.07) is 0. The monoisotopic (exact) mass is 1140 g/mol. The fraction of sp³-hybridized carbons (Fsp3) is 0.952. The van der Waals surface area contributed by atoms with Crippen LogP contribution in [0.1, 0.15) is 272 Å². The predicted molar refractivity (Wildman–Crippen MR) is 347 cm³/mol. The summed E-state index contributed by atoms with van der Waals surface area (Å²) in [6.07, 6.45) is 47.2. The minimum atomic E-state index is -0.757. The molecule has 3 rings (SSSR count). The zero-order chi connectivity index (χ0) is 58.1. The molecule has 0 atom stereocenters. The minimum Gasteiger partial charge on any atom is -0.391 e. The number of hydrogen-bond acceptors (Lipinski definition) is 9. The molecule has 15 nitrogen and oxygen atoms in total. The molecule has 0 aromatic carbocycles. The molecule has 0 radical (unpaired) electrons. The third-order valence-electron chi connectivity index (χ3n) is 16.4. The molecular weight excluding hydrogens is 1010 g/mol. The van der Waals surface area contributed by atoms with Gasteiger partial charge in [-0.2, -0.15) is 0 Å². The number of rotatable bonds is 57. The highest BCUT2D eigenvalue weighted by Gasteiger charge is 2.31. The summed E-state index contributed by atoms with van der Waals surface area (Å²) in [5, 5.41) is 0. The summed E-state index contributed by atoms with van der Waals surface area (Å²) < 4.78 is 38.2. The number of unbranched alkanes of at least 4 members (excludes halogenated alkanes) is 31. The van der Waals surface area contributed by atoms with Crippen molar-refractivity contribution >= 4 is 39.6 Å². The van der Waals surface area contributed by atoms with E-state index in [2.05, 4.69) is 78.2 Å². The van der Waals surface area contributed by atoms with Crippen molar-refractivity contribution in [1.29, 1.82) is 0 Å². The number of guanidine groups is 3. The fourth-order valence-corrected chi connectivity index (χ4v) is 11.2. The predicted octanol–water partition coefficient (Wildman–Crippen LogP) is 14.4. The van der Waals surface area contributed by atoms with E-state index in [1.54, 1.807) is 0 Å². The average molecular weight is 1140 g/mol. The normalized spacial score (nSPS) is 16.4. The van der Waals surface area contributed by atoms with E-state index in [-0.39, 0.29) is 0 Å². The standard InChI is InChI=1S/C63H128B3N9O6/c1-9-14-18-22-25-28-31-34-37-41-47-73-53-50-70(6)61(73)67-64(76-13-5)78-57-45-58-80-66(69-63-72(8)52-55-75(63)49-43-39-36-33-30-27-24-20-16-11-3)81-60-46-59-79-65(77-56-44-40-21-17-12-4)68-62-71(7)51-54-74(62)48-42-38-35-32-29-26-23-19-15-10-2/h9-60H2,1-8H3/b67-61?,68-62+,69-63?. The molecule has 0 aromatic heterocycles. The van der Waals surface area contributed by atoms with Gasteiger partial charge >= 0.3 is 21.8 Å². The zero-order valence-corrected chi connectivity index (χ0v) is 54.5. The molecule has 18 heteroatoms. The van der Waals surface area contributed by atoms with Crippen molar-refractivity contribution < 1.29 is 27.9 Å². The van der Waals surface area contributed by atoms with Crippen molar-refractivity contribution in [3.63, 3.8) is 0 Å². The first-order valence-corrected chi connectivity index (χ1v) is 34.7. The molecule has 0 aromatic rings. The molecule has 0 aliphatic carbocycles. The fourth-order valence-electron chi connectivity index (χ4n) is 11.2. The van der Waals surface area contributed by atoms with Gasteiger partial charge in [0.25, 0.3) is 0 Å². The van der Waals surface area contributed by atoms with Gasteiger partial charge < -0.3 is 57.3 Å². The van der Waals surface area contributed by atoms with Gasteiger partial charge in [0.05, 0.1) is 0 Å². The first-order chi connectivity index (χ1) is 39.8. The summed E-state index contributed by atoms with van der Waals surface area (Å²) in [5.41, 5.74) is 0. The minimum absolute atomic E-state index is 0.426. The Morgan fingerprint density at radius 3 is 0.753 bits per heavy atom. The second-order valence-corrected chi connectivity index (χ2v) is 23.9. The van der Waals surface area contributed by atoms with Crippen LogP contribution in [0.25, 0.3) is 0 Å². The smallest absolute Gasteiger partial charge is 0.391 e. The molecular formula is C63H128B3N9O6. The zero-order valence-electron chi connectivity index (χ0n) is 54.5. The van der Waals surface area contributed by atoms with Crippen molar-refractivity contribution in [2.24, 2.45) is 14.7 Å². The van der Waals surface area contributed by atoms with Gasteiger partial charge in [-0.05, 0) is 45.4 Å². The van der Waals surface area contributed by atoms with E-state index < -0.39 is 21.8 Å². The van der Waals surface area contributed by atoms with Gasteiger partial charge in [0.1, 0.15) is 0 Å². The Balaban J connectivity index is 1.59. The molecule has 3 saturated heterocycles. The summed E-state index contributed by atoms with van der Waals surface area (Å²) in [4.78, 5) is 29.4. The average Bonchev–Trinajstić information content (AvgIpc) is 4.14. The maximum absolute atomic E-state index is 6.51. The molecule has 3 aliphatic rings. The van der Waals surface area contributed by atoms with E-state index in [1.165, 1.54) is 212 Å². The van der Waals surface area contributed by atoms with Gasteiger partial charge in [0.2, 0.25) is 0 Å². The summed E-state index contributed by atoms with van der Waals surface area (Å²) >= 11 is 0. The highest BCUT2D eigenvalue weighted by atomic mass is 16.6. The van der Waals surface area contributed by atoms with Crippen LogP contribution >= 0.6 is 0 Å². The lowest BCUT2D eigenvalue weighted by Gasteiger charge is -2.23. The molecule has 3 fully saturated rings. The van der Waals surface area contributed by atoms with Crippen LogP contribution in [-0.4, -0.2) is 189 Å². The number of nitrogens with zero attached hydrogens (tertiary/aromatic N) is 9. The van der Waals surface area contributed by atoms with Crippen molar-refractivity contribution in [3.8, 4) is 0 Å². The lowest BCUT2D eigenvalue weighted by atomic mass is 10.1. The van der Waals surface area contributed by atoms with E-state index in [9.17, 15) is 0 Å². The Morgan fingerprint density at radius 1 is 0.272 bits per heavy atom. The van der Waals surface area contributed by atoms with E-state index in [0.29, 0.717) is 52.5 Å². The molecule has 0 unspecified atom stereocenters. The molecule has 0 N–H and O–H groups in total. The van der Waals surface area contributed by atoms with Gasteiger partial charge in [-0.15, -0.1) is 0 Å². The second kappa shape index (κ2) is 51.0. The Bertz CT molecular complexity index is 1550. The maximum atomic E-state index is 6.51. The van der Waals surface area contributed by atoms with E-state index in [4.69, 9.17) is 42.6 Å². The molecule has 3 heterocycles. The lowest BCUT2D eigenvalue weighted by molar-refractivity contribution is 0.150. The summed E-state index contributed by atoms with van der Waals surface area (Å²) in [6.45, 7) is 22.9. The number of hydrogen-bond donors (Lipinski definition) is 0. The number of likely N-dealkylation sites (N-methyl/N-ethyl adjacent to an activating group) is 3. The van der Waals surface area contributed by atoms with Crippen LogP contribution in [0.3, 0.4) is 0 Å². The van der Waals surface area contributed by atoms with E-state index in [0.717, 1.165) is 89.6 Å². The van der Waals surface area contributed by atoms with Gasteiger partial charge in [-0.25, -0.2) is 14.7 Å². The maximum Gasteiger partial charge on any atom is 0.615 e. The van der Waals surface area contributed by atoms with Crippen LogP contribution in [-0.2, 0) is 27.9 Å². The Hall–Kier alpha value is -2.24. The van der Waals surface area contributed by atoms with Crippen LogP contribution < -0.4 is 0 Å². The van der Waals surface area contributed by atoms with Crippen LogP contribution in [0, 0.1) is 0 Å². The van der Waals surface area contributed by atoms with Crippen LogP contribution in [0.4, 0.5) is 0 Å². The largest absolute Gasteiger partial charge is 0.615 e. The third kappa shape index (κ3) is 35.7. The van der Waals surface area contributed by atoms with Gasteiger partial charge in [0, 0.05) is 120 Å². The molecule has 0 saturated carbocycles. The highest BCUT2D eigenvalue weighted by molar-refractivity contribution is 6.45. The Labute approximate surface area is 501 Å². The lowest BCUT2D eigenvalue weighted by Crippen LogP contribution is -2.37. The van der Waals surface area contributed by atoms with Crippen molar-refractivity contribution in [2.75, 3.05) is 120 Å². The quantitative estimate of drug-likeness (QED) is 0.0427. The molecule has 3 aliphatic heterocycles. The molecule has 0 bridgehead atoms. The highest BCUT2D eigenvalue weighted by Crippen LogP contribution is 2.18. The molecule has 470 valence electrons. The molecule has 81 heavy (non-hydrogen) atoms. The van der Waals surface area contributed by atoms with Gasteiger partial charge in [-0.1, -0.05) is 227 Å². The summed E-state index contributed by atoms with van der Waals surface area (Å²) in [7, 11) is 4.33. The Morgan fingerprint density at radius 2 is 0.494 bits per heavy atom. The first kappa shape index (κ1) is 73.0. The van der Waals surface area contributed by atoms with Crippen LogP contribution in [0.2, 0.25) is 0 Å².